The molecule has 0 bridgehead atoms. The number of nitrogens with zero attached hydrogens (tertiary/aromatic N) is 6. The van der Waals surface area contributed by atoms with Crippen molar-refractivity contribution in [3.8, 4) is 16.6 Å². The van der Waals surface area contributed by atoms with Crippen molar-refractivity contribution >= 4 is 28.7 Å². The highest BCUT2D eigenvalue weighted by Crippen LogP contribution is 2.33. The molecule has 146 valence electrons. The van der Waals surface area contributed by atoms with Gasteiger partial charge < -0.3 is 5.32 Å². The molecule has 0 atom stereocenters. The summed E-state index contributed by atoms with van der Waals surface area (Å²) in [7, 11) is 1.51. The zero-order chi connectivity index (χ0) is 20.8. The van der Waals surface area contributed by atoms with Crippen LogP contribution in [0.1, 0.15) is 21.7 Å². The van der Waals surface area contributed by atoms with E-state index in [-0.39, 0.29) is 28.4 Å². The largest absolute Gasteiger partial charge is 0.433 e. The quantitative estimate of drug-likeness (QED) is 0.551. The molecule has 0 saturated carbocycles. The second-order valence-electron chi connectivity index (χ2n) is 5.90. The second kappa shape index (κ2) is 6.71. The van der Waals surface area contributed by atoms with E-state index in [4.69, 9.17) is 5.26 Å². The first-order valence-corrected chi connectivity index (χ1v) is 8.91. The minimum atomic E-state index is -4.71. The monoisotopic (exact) mass is 417 g/mol. The van der Waals surface area contributed by atoms with Crippen LogP contribution in [0, 0.1) is 11.3 Å². The number of nitriles is 1. The molecule has 0 aliphatic carbocycles. The Morgan fingerprint density at radius 3 is 2.79 bits per heavy atom. The number of hydrogen-bond donors (Lipinski definition) is 1. The molecule has 0 aliphatic rings. The van der Waals surface area contributed by atoms with E-state index in [1.165, 1.54) is 29.3 Å². The van der Waals surface area contributed by atoms with Crippen molar-refractivity contribution in [2.24, 2.45) is 7.05 Å². The molecule has 0 fully saturated rings. The van der Waals surface area contributed by atoms with Gasteiger partial charge in [0.25, 0.3) is 5.91 Å². The molecule has 8 nitrogen and oxygen atoms in total. The van der Waals surface area contributed by atoms with Crippen LogP contribution >= 0.6 is 11.3 Å². The molecule has 0 saturated heterocycles. The minimum Gasteiger partial charge on any atom is -0.304 e. The van der Waals surface area contributed by atoms with E-state index in [9.17, 15) is 18.0 Å². The van der Waals surface area contributed by atoms with Crippen LogP contribution in [0.15, 0.2) is 35.8 Å². The number of aromatic nitrogens is 5. The summed E-state index contributed by atoms with van der Waals surface area (Å²) in [6.07, 6.45) is -3.45. The molecule has 0 spiro atoms. The average Bonchev–Trinajstić information content (AvgIpc) is 3.40. The first kappa shape index (κ1) is 18.6. The van der Waals surface area contributed by atoms with Crippen molar-refractivity contribution in [2.75, 3.05) is 5.32 Å². The molecule has 4 heterocycles. The number of amides is 1. The number of alkyl halides is 3. The van der Waals surface area contributed by atoms with Gasteiger partial charge in [-0.25, -0.2) is 9.50 Å². The van der Waals surface area contributed by atoms with Gasteiger partial charge in [0.1, 0.15) is 17.5 Å². The maximum absolute atomic E-state index is 13.6. The zero-order valence-electron chi connectivity index (χ0n) is 14.6. The van der Waals surface area contributed by atoms with Gasteiger partial charge in [0.2, 0.25) is 0 Å². The van der Waals surface area contributed by atoms with Crippen molar-refractivity contribution < 1.29 is 18.0 Å². The molecule has 1 amide bonds. The van der Waals surface area contributed by atoms with Gasteiger partial charge in [-0.3, -0.25) is 9.48 Å². The fraction of sp³-hybridized carbons (Fsp3) is 0.118. The number of rotatable bonds is 3. The Morgan fingerprint density at radius 1 is 1.34 bits per heavy atom. The third kappa shape index (κ3) is 3.32. The molecule has 12 heteroatoms. The lowest BCUT2D eigenvalue weighted by Gasteiger charge is -2.10. The van der Waals surface area contributed by atoms with Crippen LogP contribution in [0.3, 0.4) is 0 Å². The molecular weight excluding hydrogens is 407 g/mol. The van der Waals surface area contributed by atoms with Crippen LogP contribution in [0.25, 0.3) is 16.2 Å². The van der Waals surface area contributed by atoms with Gasteiger partial charge in [0.15, 0.2) is 17.0 Å². The highest BCUT2D eigenvalue weighted by molar-refractivity contribution is 7.13. The Bertz CT molecular complexity index is 1260. The Kier molecular flexibility index (Phi) is 4.31. The predicted molar refractivity (Wildman–Crippen MR) is 97.2 cm³/mol. The molecule has 4 aromatic heterocycles. The molecule has 29 heavy (non-hydrogen) atoms. The third-order valence-electron chi connectivity index (χ3n) is 4.02. The van der Waals surface area contributed by atoms with E-state index in [1.807, 2.05) is 6.07 Å². The molecule has 0 aliphatic heterocycles. The lowest BCUT2D eigenvalue weighted by atomic mass is 10.2. The number of nitrogens with one attached hydrogen (secondary N) is 1. The van der Waals surface area contributed by atoms with Crippen LogP contribution in [0.2, 0.25) is 0 Å². The predicted octanol–water partition coefficient (Wildman–Crippen LogP) is 3.33. The van der Waals surface area contributed by atoms with E-state index in [1.54, 1.807) is 17.5 Å². The third-order valence-corrected chi connectivity index (χ3v) is 4.91. The van der Waals surface area contributed by atoms with Crippen LogP contribution in [-0.2, 0) is 13.2 Å². The lowest BCUT2D eigenvalue weighted by Crippen LogP contribution is -2.17. The van der Waals surface area contributed by atoms with Gasteiger partial charge in [-0.15, -0.1) is 11.3 Å². The fourth-order valence-corrected chi connectivity index (χ4v) is 3.36. The van der Waals surface area contributed by atoms with E-state index >= 15 is 0 Å². The summed E-state index contributed by atoms with van der Waals surface area (Å²) in [5.41, 5.74) is -1.22. The second-order valence-corrected chi connectivity index (χ2v) is 6.85. The molecule has 4 rings (SSSR count). The van der Waals surface area contributed by atoms with Gasteiger partial charge in [-0.1, -0.05) is 6.07 Å². The zero-order valence-corrected chi connectivity index (χ0v) is 15.4. The van der Waals surface area contributed by atoms with E-state index < -0.39 is 17.8 Å². The molecule has 0 unspecified atom stereocenters. The normalized spacial score (nSPS) is 11.6. The number of thiophene rings is 1. The Labute approximate surface area is 164 Å². The lowest BCUT2D eigenvalue weighted by molar-refractivity contribution is -0.142. The van der Waals surface area contributed by atoms with Crippen LogP contribution in [-0.4, -0.2) is 30.3 Å². The Hall–Kier alpha value is -3.72. The first-order chi connectivity index (χ1) is 13.8. The van der Waals surface area contributed by atoms with Gasteiger partial charge in [-0.2, -0.15) is 28.6 Å². The number of anilines is 1. The summed E-state index contributed by atoms with van der Waals surface area (Å²) in [6, 6.07) is 7.27. The highest BCUT2D eigenvalue weighted by Gasteiger charge is 2.35. The van der Waals surface area contributed by atoms with E-state index in [0.29, 0.717) is 9.39 Å². The number of carbonyl (C=O) groups excluding carboxylic acids is 1. The van der Waals surface area contributed by atoms with Crippen LogP contribution < -0.4 is 5.32 Å². The SMILES string of the molecule is Cn1ncc(C#N)c1NC(=O)c1cc2nc(-c3cccs3)cc(C(F)(F)F)n2n1. The highest BCUT2D eigenvalue weighted by atomic mass is 32.1. The van der Waals surface area contributed by atoms with Gasteiger partial charge >= 0.3 is 6.18 Å². The number of carbonyl (C=O) groups is 1. The van der Waals surface area contributed by atoms with E-state index in [2.05, 4.69) is 20.5 Å². The van der Waals surface area contributed by atoms with Crippen LogP contribution in [0.4, 0.5) is 19.0 Å². The number of halogens is 3. The van der Waals surface area contributed by atoms with Gasteiger partial charge in [0.05, 0.1) is 16.8 Å². The summed E-state index contributed by atoms with van der Waals surface area (Å²) < 4.78 is 42.6. The van der Waals surface area contributed by atoms with Crippen molar-refractivity contribution in [2.45, 2.75) is 6.18 Å². The molecule has 4 aromatic rings. The van der Waals surface area contributed by atoms with Gasteiger partial charge in [0, 0.05) is 13.1 Å². The Morgan fingerprint density at radius 2 is 2.14 bits per heavy atom. The molecule has 0 aromatic carbocycles. The number of aryl methyl sites for hydroxylation is 1. The van der Waals surface area contributed by atoms with Crippen LogP contribution in [0.5, 0.6) is 0 Å². The maximum Gasteiger partial charge on any atom is 0.433 e. The summed E-state index contributed by atoms with van der Waals surface area (Å²) in [5.74, 6) is -0.681. The molecule has 1 N–H and O–H groups in total. The topological polar surface area (TPSA) is 101 Å². The average molecular weight is 417 g/mol. The summed E-state index contributed by atoms with van der Waals surface area (Å²) >= 11 is 1.25. The summed E-state index contributed by atoms with van der Waals surface area (Å²) in [6.45, 7) is 0. The van der Waals surface area contributed by atoms with Gasteiger partial charge in [-0.05, 0) is 17.5 Å². The van der Waals surface area contributed by atoms with Crippen molar-refractivity contribution in [1.29, 1.82) is 5.26 Å². The summed E-state index contributed by atoms with van der Waals surface area (Å²) in [4.78, 5) is 17.3. The van der Waals surface area contributed by atoms with Crippen molar-refractivity contribution in [3.05, 3.63) is 52.8 Å². The maximum atomic E-state index is 13.6. The van der Waals surface area contributed by atoms with Crippen molar-refractivity contribution in [3.63, 3.8) is 0 Å². The van der Waals surface area contributed by atoms with Crippen molar-refractivity contribution in [1.82, 2.24) is 24.4 Å². The fourth-order valence-electron chi connectivity index (χ4n) is 2.68. The first-order valence-electron chi connectivity index (χ1n) is 8.03. The number of hydrogen-bond acceptors (Lipinski definition) is 6. The molecular formula is C17H10F3N7OS. The number of fused-ring (bicyclic) bond motifs is 1. The summed E-state index contributed by atoms with van der Waals surface area (Å²) in [5, 5.41) is 20.9. The standard InChI is InChI=1S/C17H10F3N7OS/c1-26-15(9(7-21)8-22-26)24-16(28)11-6-14-23-10(12-3-2-4-29-12)5-13(17(18,19)20)27(14)25-11/h2-6,8H,1H3,(H,24,28). The minimum absolute atomic E-state index is 0.109. The molecule has 0 radical (unpaired) electrons. The Balaban J connectivity index is 1.80. The van der Waals surface area contributed by atoms with E-state index in [0.717, 1.165) is 12.1 Å². The smallest absolute Gasteiger partial charge is 0.304 e.